The minimum Gasteiger partial charge on any atom is -0.492 e. The van der Waals surface area contributed by atoms with Crippen molar-refractivity contribution in [2.45, 2.75) is 33.2 Å². The molecule has 0 spiro atoms. The van der Waals surface area contributed by atoms with Crippen LogP contribution in [-0.2, 0) is 11.2 Å². The van der Waals surface area contributed by atoms with Gasteiger partial charge < -0.3 is 15.4 Å². The Morgan fingerprint density at radius 2 is 1.89 bits per heavy atom. The maximum Gasteiger partial charge on any atom is 0.263 e. The molecule has 2 aromatic carbocycles. The van der Waals surface area contributed by atoms with Gasteiger partial charge >= 0.3 is 0 Å². The summed E-state index contributed by atoms with van der Waals surface area (Å²) in [6, 6.07) is 17.2. The second-order valence-corrected chi connectivity index (χ2v) is 6.03. The van der Waals surface area contributed by atoms with E-state index in [1.807, 2.05) is 68.4 Å². The van der Waals surface area contributed by atoms with Gasteiger partial charge in [-0.3, -0.25) is 4.79 Å². The summed E-state index contributed by atoms with van der Waals surface area (Å²) in [5.41, 5.74) is 2.93. The molecule has 0 saturated heterocycles. The number of carbonyl (C=O) groups excluding carboxylic acids is 1. The number of carbonyl (C=O) groups is 1. The third-order valence-electron chi connectivity index (χ3n) is 4.16. The van der Waals surface area contributed by atoms with E-state index in [0.29, 0.717) is 18.0 Å². The number of nitrogens with zero attached hydrogens (tertiary/aromatic N) is 1. The Morgan fingerprint density at radius 3 is 2.52 bits per heavy atom. The van der Waals surface area contributed by atoms with Gasteiger partial charge in [-0.05, 0) is 43.5 Å². The van der Waals surface area contributed by atoms with Gasteiger partial charge in [-0.25, -0.2) is 0 Å². The molecule has 2 rings (SSSR count). The second kappa shape index (κ2) is 10.0. The van der Waals surface area contributed by atoms with Crippen molar-refractivity contribution < 1.29 is 9.53 Å². The Bertz CT molecular complexity index is 835. The highest BCUT2D eigenvalue weighted by atomic mass is 16.5. The molecule has 0 fully saturated rings. The van der Waals surface area contributed by atoms with E-state index >= 15 is 0 Å². The fourth-order valence-corrected chi connectivity index (χ4v) is 2.57. The average Bonchev–Trinajstić information content (AvgIpc) is 2.69. The van der Waals surface area contributed by atoms with Gasteiger partial charge in [0.05, 0.1) is 18.3 Å². The lowest BCUT2D eigenvalue weighted by Gasteiger charge is -2.15. The Balaban J connectivity index is 2.06. The molecule has 5 nitrogen and oxygen atoms in total. The summed E-state index contributed by atoms with van der Waals surface area (Å²) in [6.45, 7) is 6.42. The summed E-state index contributed by atoms with van der Waals surface area (Å²) in [5.74, 6) is 0.240. The van der Waals surface area contributed by atoms with Crippen molar-refractivity contribution in [3.63, 3.8) is 0 Å². The standard InChI is InChI=1S/C22H25N3O2/c1-4-17-10-12-18(13-11-17)16(3)25-22(26)19(14-23)15-24-20-8-6-7-9-21(20)27-5-2/h6-13,15-16,24H,4-5H2,1-3H3,(H,25,26)/b19-15-. The third-order valence-corrected chi connectivity index (χ3v) is 4.16. The van der Waals surface area contributed by atoms with Crippen molar-refractivity contribution in [1.82, 2.24) is 5.32 Å². The Labute approximate surface area is 160 Å². The third kappa shape index (κ3) is 5.61. The van der Waals surface area contributed by atoms with Gasteiger partial charge in [-0.1, -0.05) is 43.3 Å². The molecular formula is C22H25N3O2. The second-order valence-electron chi connectivity index (χ2n) is 6.03. The summed E-state index contributed by atoms with van der Waals surface area (Å²) >= 11 is 0. The van der Waals surface area contributed by atoms with E-state index in [9.17, 15) is 10.1 Å². The molecule has 27 heavy (non-hydrogen) atoms. The first-order valence-corrected chi connectivity index (χ1v) is 9.07. The van der Waals surface area contributed by atoms with Crippen LogP contribution in [0.5, 0.6) is 5.75 Å². The van der Waals surface area contributed by atoms with Crippen LogP contribution in [0, 0.1) is 11.3 Å². The fraction of sp³-hybridized carbons (Fsp3) is 0.273. The van der Waals surface area contributed by atoms with Gasteiger partial charge in [0, 0.05) is 6.20 Å². The largest absolute Gasteiger partial charge is 0.492 e. The van der Waals surface area contributed by atoms with Gasteiger partial charge in [0.25, 0.3) is 5.91 Å². The molecule has 0 radical (unpaired) electrons. The van der Waals surface area contributed by atoms with E-state index in [1.165, 1.54) is 11.8 Å². The fourth-order valence-electron chi connectivity index (χ4n) is 2.57. The van der Waals surface area contributed by atoms with Crippen molar-refractivity contribution in [3.8, 4) is 11.8 Å². The SMILES string of the molecule is CCOc1ccccc1N/C=C(/C#N)C(=O)NC(C)c1ccc(CC)cc1. The number of nitrogens with one attached hydrogen (secondary N) is 2. The first-order valence-electron chi connectivity index (χ1n) is 9.07. The highest BCUT2D eigenvalue weighted by Gasteiger charge is 2.14. The van der Waals surface area contributed by atoms with Crippen LogP contribution < -0.4 is 15.4 Å². The van der Waals surface area contributed by atoms with E-state index in [2.05, 4.69) is 17.6 Å². The Kier molecular flexibility index (Phi) is 7.45. The predicted molar refractivity (Wildman–Crippen MR) is 107 cm³/mol. The number of amides is 1. The number of benzene rings is 2. The van der Waals surface area contributed by atoms with E-state index in [0.717, 1.165) is 12.0 Å². The molecule has 0 heterocycles. The molecule has 0 aromatic heterocycles. The molecular weight excluding hydrogens is 338 g/mol. The van der Waals surface area contributed by atoms with Crippen LogP contribution in [0.25, 0.3) is 0 Å². The lowest BCUT2D eigenvalue weighted by Crippen LogP contribution is -2.28. The molecule has 2 aromatic rings. The molecule has 140 valence electrons. The van der Waals surface area contributed by atoms with Gasteiger partial charge in [-0.2, -0.15) is 5.26 Å². The number of anilines is 1. The molecule has 0 aliphatic rings. The maximum atomic E-state index is 12.4. The van der Waals surface area contributed by atoms with Crippen molar-refractivity contribution in [3.05, 3.63) is 71.4 Å². The highest BCUT2D eigenvalue weighted by molar-refractivity contribution is 5.97. The number of aryl methyl sites for hydroxylation is 1. The summed E-state index contributed by atoms with van der Waals surface area (Å²) in [4.78, 5) is 12.4. The number of nitriles is 1. The molecule has 1 amide bonds. The summed E-state index contributed by atoms with van der Waals surface area (Å²) in [5, 5.41) is 15.2. The van der Waals surface area contributed by atoms with E-state index in [-0.39, 0.29) is 11.6 Å². The molecule has 0 saturated carbocycles. The predicted octanol–water partition coefficient (Wildman–Crippen LogP) is 4.34. The van der Waals surface area contributed by atoms with Crippen molar-refractivity contribution in [2.75, 3.05) is 11.9 Å². The zero-order valence-corrected chi connectivity index (χ0v) is 16.0. The molecule has 0 bridgehead atoms. The topological polar surface area (TPSA) is 74.1 Å². The van der Waals surface area contributed by atoms with Crippen molar-refractivity contribution in [2.24, 2.45) is 0 Å². The summed E-state index contributed by atoms with van der Waals surface area (Å²) in [6.07, 6.45) is 2.37. The van der Waals surface area contributed by atoms with Crippen LogP contribution in [0.4, 0.5) is 5.69 Å². The van der Waals surface area contributed by atoms with Crippen LogP contribution in [-0.4, -0.2) is 12.5 Å². The van der Waals surface area contributed by atoms with Crippen LogP contribution in [0.15, 0.2) is 60.3 Å². The molecule has 1 atom stereocenters. The zero-order valence-electron chi connectivity index (χ0n) is 16.0. The van der Waals surface area contributed by atoms with Crippen molar-refractivity contribution >= 4 is 11.6 Å². The number of rotatable bonds is 8. The molecule has 0 aliphatic carbocycles. The summed E-state index contributed by atoms with van der Waals surface area (Å²) < 4.78 is 5.53. The van der Waals surface area contributed by atoms with Gasteiger partial charge in [0.2, 0.25) is 0 Å². The first-order chi connectivity index (χ1) is 13.1. The van der Waals surface area contributed by atoms with E-state index < -0.39 is 5.91 Å². The van der Waals surface area contributed by atoms with Gasteiger partial charge in [0.1, 0.15) is 17.4 Å². The Morgan fingerprint density at radius 1 is 1.19 bits per heavy atom. The monoisotopic (exact) mass is 363 g/mol. The Hall–Kier alpha value is -3.26. The normalized spacial score (nSPS) is 12.0. The minimum absolute atomic E-state index is 0.00155. The zero-order chi connectivity index (χ0) is 19.6. The lowest BCUT2D eigenvalue weighted by molar-refractivity contribution is -0.117. The van der Waals surface area contributed by atoms with Crippen LogP contribution in [0.3, 0.4) is 0 Å². The smallest absolute Gasteiger partial charge is 0.263 e. The highest BCUT2D eigenvalue weighted by Crippen LogP contribution is 2.24. The number of hydrogen-bond donors (Lipinski definition) is 2. The first kappa shape index (κ1) is 20.1. The quantitative estimate of drug-likeness (QED) is 0.540. The maximum absolute atomic E-state index is 12.4. The number of hydrogen-bond acceptors (Lipinski definition) is 4. The average molecular weight is 363 g/mol. The van der Waals surface area contributed by atoms with Crippen LogP contribution in [0.2, 0.25) is 0 Å². The lowest BCUT2D eigenvalue weighted by atomic mass is 10.0. The summed E-state index contributed by atoms with van der Waals surface area (Å²) in [7, 11) is 0. The van der Waals surface area contributed by atoms with Crippen molar-refractivity contribution in [1.29, 1.82) is 5.26 Å². The molecule has 1 unspecified atom stereocenters. The number of ether oxygens (including phenoxy) is 1. The van der Waals surface area contributed by atoms with Gasteiger partial charge in [-0.15, -0.1) is 0 Å². The minimum atomic E-state index is -0.425. The molecule has 2 N–H and O–H groups in total. The van der Waals surface area contributed by atoms with Crippen LogP contribution in [0.1, 0.15) is 37.9 Å². The van der Waals surface area contributed by atoms with E-state index in [4.69, 9.17) is 4.74 Å². The van der Waals surface area contributed by atoms with E-state index in [1.54, 1.807) is 0 Å². The number of para-hydroxylation sites is 2. The molecule has 5 heteroatoms. The molecule has 0 aliphatic heterocycles. The van der Waals surface area contributed by atoms with Gasteiger partial charge in [0.15, 0.2) is 0 Å². The van der Waals surface area contributed by atoms with Crippen LogP contribution >= 0.6 is 0 Å².